The summed E-state index contributed by atoms with van der Waals surface area (Å²) in [7, 11) is 0. The molecule has 0 saturated carbocycles. The lowest BCUT2D eigenvalue weighted by Crippen LogP contribution is -2.57. The highest BCUT2D eigenvalue weighted by Crippen LogP contribution is 2.32. The van der Waals surface area contributed by atoms with Gasteiger partial charge in [-0.1, -0.05) is 48.0 Å². The van der Waals surface area contributed by atoms with E-state index in [1.165, 1.54) is 5.01 Å². The Morgan fingerprint density at radius 2 is 1.77 bits per heavy atom. The number of aliphatic imine (C=N–C) groups is 1. The molecule has 2 aliphatic rings. The molecule has 2 aromatic carbocycles. The first kappa shape index (κ1) is 19.1. The second-order valence-electron chi connectivity index (χ2n) is 7.78. The number of fused-ring (bicyclic) bond motifs is 1. The zero-order valence-electron chi connectivity index (χ0n) is 17.2. The average Bonchev–Trinajstić information content (AvgIpc) is 3.28. The maximum atomic E-state index is 13.6. The summed E-state index contributed by atoms with van der Waals surface area (Å²) in [6.07, 6.45) is 2.04. The summed E-state index contributed by atoms with van der Waals surface area (Å²) in [4.78, 5) is 32.2. The lowest BCUT2D eigenvalue weighted by Gasteiger charge is -2.38. The lowest BCUT2D eigenvalue weighted by molar-refractivity contribution is -0.127. The Morgan fingerprint density at radius 3 is 2.55 bits per heavy atom. The highest BCUT2D eigenvalue weighted by atomic mass is 16.2. The monoisotopic (exact) mass is 413 g/mol. The molecule has 1 atom stereocenters. The number of amidine groups is 1. The molecule has 2 amide bonds. The Balaban J connectivity index is 1.46. The van der Waals surface area contributed by atoms with E-state index in [-0.39, 0.29) is 30.2 Å². The van der Waals surface area contributed by atoms with E-state index in [4.69, 9.17) is 0 Å². The second-order valence-corrected chi connectivity index (χ2v) is 7.78. The number of hydrogen-bond donors (Lipinski definition) is 1. The first-order chi connectivity index (χ1) is 15.1. The number of hydrazine groups is 1. The third-order valence-corrected chi connectivity index (χ3v) is 5.75. The maximum absolute atomic E-state index is 13.6. The number of aromatic nitrogens is 1. The van der Waals surface area contributed by atoms with Gasteiger partial charge >= 0.3 is 0 Å². The van der Waals surface area contributed by atoms with Crippen LogP contribution < -0.4 is 10.4 Å². The summed E-state index contributed by atoms with van der Waals surface area (Å²) in [6.45, 7) is 3.19. The van der Waals surface area contributed by atoms with Crippen molar-refractivity contribution in [1.29, 1.82) is 0 Å². The van der Waals surface area contributed by atoms with E-state index in [2.05, 4.69) is 21.1 Å². The van der Waals surface area contributed by atoms with Crippen LogP contribution in [0.2, 0.25) is 0 Å². The van der Waals surface area contributed by atoms with E-state index in [1.54, 1.807) is 0 Å². The van der Waals surface area contributed by atoms with E-state index in [0.29, 0.717) is 18.8 Å². The highest BCUT2D eigenvalue weighted by Gasteiger charge is 2.36. The second kappa shape index (κ2) is 7.75. The summed E-state index contributed by atoms with van der Waals surface area (Å²) in [5.41, 5.74) is 6.85. The molecule has 3 aromatic rings. The third kappa shape index (κ3) is 3.48. The molecule has 7 heteroatoms. The minimum Gasteiger partial charge on any atom is -0.348 e. The number of aryl methyl sites for hydroxylation is 1. The smallest absolute Gasteiger partial charge is 0.291 e. The van der Waals surface area contributed by atoms with E-state index in [9.17, 15) is 9.59 Å². The van der Waals surface area contributed by atoms with Crippen molar-refractivity contribution in [3.8, 4) is 0 Å². The lowest BCUT2D eigenvalue weighted by atomic mass is 10.00. The largest absolute Gasteiger partial charge is 0.348 e. The van der Waals surface area contributed by atoms with Crippen LogP contribution in [-0.4, -0.2) is 40.2 Å². The number of amides is 2. The van der Waals surface area contributed by atoms with Gasteiger partial charge in [-0.3, -0.25) is 20.0 Å². The Kier molecular flexibility index (Phi) is 4.78. The molecule has 0 aliphatic carbocycles. The van der Waals surface area contributed by atoms with Crippen molar-refractivity contribution >= 4 is 23.3 Å². The average molecular weight is 413 g/mol. The molecule has 1 unspecified atom stereocenters. The van der Waals surface area contributed by atoms with Gasteiger partial charge < -0.3 is 9.47 Å². The molecule has 0 bridgehead atoms. The van der Waals surface area contributed by atoms with Gasteiger partial charge in [-0.25, -0.2) is 5.01 Å². The van der Waals surface area contributed by atoms with Crippen LogP contribution in [0.25, 0.3) is 0 Å². The van der Waals surface area contributed by atoms with E-state index < -0.39 is 0 Å². The molecule has 156 valence electrons. The van der Waals surface area contributed by atoms with Crippen molar-refractivity contribution in [2.24, 2.45) is 4.99 Å². The van der Waals surface area contributed by atoms with Crippen LogP contribution in [0.5, 0.6) is 0 Å². The molecule has 0 radical (unpaired) electrons. The molecular formula is C24H23N5O2. The predicted molar refractivity (Wildman–Crippen MR) is 119 cm³/mol. The summed E-state index contributed by atoms with van der Waals surface area (Å²) in [6, 6.07) is 21.4. The van der Waals surface area contributed by atoms with E-state index >= 15 is 0 Å². The molecule has 7 nitrogen and oxygen atoms in total. The van der Waals surface area contributed by atoms with Crippen molar-refractivity contribution in [3.05, 3.63) is 89.7 Å². The quantitative estimate of drug-likeness (QED) is 0.718. The zero-order chi connectivity index (χ0) is 21.4. The van der Waals surface area contributed by atoms with Crippen LogP contribution >= 0.6 is 0 Å². The minimum atomic E-state index is -0.217. The summed E-state index contributed by atoms with van der Waals surface area (Å²) >= 11 is 0. The van der Waals surface area contributed by atoms with Gasteiger partial charge in [-0.2, -0.15) is 0 Å². The van der Waals surface area contributed by atoms with Gasteiger partial charge in [0.1, 0.15) is 6.54 Å². The number of rotatable bonds is 3. The van der Waals surface area contributed by atoms with Crippen molar-refractivity contribution < 1.29 is 9.59 Å². The number of benzene rings is 2. The fourth-order valence-corrected chi connectivity index (χ4v) is 4.16. The molecule has 2 aliphatic heterocycles. The number of carbonyl (C=O) groups excluding carboxylic acids is 2. The standard InChI is InChI=1S/C24H23N5O2/c1-17-9-11-19(12-10-17)29-21(30)16-25-23(26-29)24(31)28-15-14-27-13-5-8-20(27)22(28)18-6-3-2-4-7-18/h2-13,22H,14-16H2,1H3,(H,25,26). The summed E-state index contributed by atoms with van der Waals surface area (Å²) in [5, 5.41) is 1.41. The summed E-state index contributed by atoms with van der Waals surface area (Å²) < 4.78 is 2.18. The van der Waals surface area contributed by atoms with Crippen LogP contribution in [0.1, 0.15) is 22.9 Å². The van der Waals surface area contributed by atoms with Crippen molar-refractivity contribution in [2.45, 2.75) is 19.5 Å². The van der Waals surface area contributed by atoms with Crippen LogP contribution in [0, 0.1) is 6.92 Å². The predicted octanol–water partition coefficient (Wildman–Crippen LogP) is 2.68. The van der Waals surface area contributed by atoms with Gasteiger partial charge in [0.25, 0.3) is 11.8 Å². The number of carbonyl (C=O) groups is 2. The Morgan fingerprint density at radius 1 is 1.00 bits per heavy atom. The van der Waals surface area contributed by atoms with Crippen molar-refractivity contribution in [1.82, 2.24) is 14.9 Å². The van der Waals surface area contributed by atoms with Crippen LogP contribution in [-0.2, 0) is 16.1 Å². The number of nitrogens with zero attached hydrogens (tertiary/aromatic N) is 4. The Bertz CT molecular complexity index is 1150. The maximum Gasteiger partial charge on any atom is 0.291 e. The van der Waals surface area contributed by atoms with Gasteiger partial charge in [-0.05, 0) is 36.8 Å². The SMILES string of the molecule is Cc1ccc(N2NC(C(=O)N3CCn4cccc4C3c3ccccc3)=NCC2=O)cc1. The Hall–Kier alpha value is -3.87. The number of hydrogen-bond acceptors (Lipinski definition) is 4. The number of anilines is 1. The van der Waals surface area contributed by atoms with Gasteiger partial charge in [0.2, 0.25) is 5.84 Å². The zero-order valence-corrected chi connectivity index (χ0v) is 17.2. The Labute approximate surface area is 180 Å². The van der Waals surface area contributed by atoms with Crippen LogP contribution in [0.3, 0.4) is 0 Å². The van der Waals surface area contributed by atoms with Crippen LogP contribution in [0.15, 0.2) is 77.9 Å². The molecule has 0 fully saturated rings. The molecule has 1 aromatic heterocycles. The number of nitrogens with one attached hydrogen (secondary N) is 1. The van der Waals surface area contributed by atoms with E-state index in [1.807, 2.05) is 78.7 Å². The topological polar surface area (TPSA) is 69.9 Å². The molecule has 1 N–H and O–H groups in total. The van der Waals surface area contributed by atoms with Gasteiger partial charge in [-0.15, -0.1) is 0 Å². The van der Waals surface area contributed by atoms with Crippen LogP contribution in [0.4, 0.5) is 5.69 Å². The minimum absolute atomic E-state index is 0.0673. The fourth-order valence-electron chi connectivity index (χ4n) is 4.16. The fraction of sp³-hybridized carbons (Fsp3) is 0.208. The van der Waals surface area contributed by atoms with Gasteiger partial charge in [0.05, 0.1) is 11.7 Å². The van der Waals surface area contributed by atoms with Gasteiger partial charge in [0.15, 0.2) is 0 Å². The van der Waals surface area contributed by atoms with E-state index in [0.717, 1.165) is 16.8 Å². The highest BCUT2D eigenvalue weighted by molar-refractivity contribution is 6.39. The molecule has 3 heterocycles. The van der Waals surface area contributed by atoms with Gasteiger partial charge in [0, 0.05) is 25.0 Å². The molecule has 5 rings (SSSR count). The molecule has 31 heavy (non-hydrogen) atoms. The first-order valence-electron chi connectivity index (χ1n) is 10.3. The first-order valence-corrected chi connectivity index (χ1v) is 10.3. The molecular weight excluding hydrogens is 390 g/mol. The van der Waals surface area contributed by atoms with Crippen molar-refractivity contribution in [3.63, 3.8) is 0 Å². The normalized spacial score (nSPS) is 18.3. The molecule has 0 saturated heterocycles. The van der Waals surface area contributed by atoms with Crippen molar-refractivity contribution in [2.75, 3.05) is 18.1 Å². The molecule has 0 spiro atoms. The third-order valence-electron chi connectivity index (χ3n) is 5.75. The summed E-state index contributed by atoms with van der Waals surface area (Å²) in [5.74, 6) is -0.237.